The molecule has 0 saturated carbocycles. The van der Waals surface area contributed by atoms with Crippen molar-refractivity contribution >= 4 is 23.6 Å². The van der Waals surface area contributed by atoms with E-state index < -0.39 is 12.1 Å². The first-order valence-electron chi connectivity index (χ1n) is 13.8. The van der Waals surface area contributed by atoms with Gasteiger partial charge in [0.2, 0.25) is 11.8 Å². The van der Waals surface area contributed by atoms with E-state index >= 15 is 0 Å². The number of nitrogens with zero attached hydrogens (tertiary/aromatic N) is 3. The van der Waals surface area contributed by atoms with Crippen LogP contribution in [0.15, 0.2) is 42.5 Å². The van der Waals surface area contributed by atoms with Crippen molar-refractivity contribution in [2.45, 2.75) is 58.2 Å². The van der Waals surface area contributed by atoms with Crippen LogP contribution in [-0.2, 0) is 29.0 Å². The second kappa shape index (κ2) is 11.6. The average Bonchev–Trinajstić information content (AvgIpc) is 3.35. The van der Waals surface area contributed by atoms with E-state index in [9.17, 15) is 19.2 Å². The summed E-state index contributed by atoms with van der Waals surface area (Å²) in [7, 11) is 6.65. The Morgan fingerprint density at radius 1 is 0.923 bits per heavy atom. The average molecular weight is 533 g/mol. The highest BCUT2D eigenvalue weighted by molar-refractivity contribution is 6.01. The van der Waals surface area contributed by atoms with Crippen LogP contribution in [0.2, 0.25) is 0 Å². The summed E-state index contributed by atoms with van der Waals surface area (Å²) < 4.78 is 0. The van der Waals surface area contributed by atoms with Gasteiger partial charge in [-0.05, 0) is 53.5 Å². The van der Waals surface area contributed by atoms with Gasteiger partial charge in [0.15, 0.2) is 0 Å². The molecular formula is C31H40N4O4. The fourth-order valence-electron chi connectivity index (χ4n) is 6.01. The lowest BCUT2D eigenvalue weighted by atomic mass is 9.85. The van der Waals surface area contributed by atoms with Crippen LogP contribution in [0.5, 0.6) is 0 Å². The topological polar surface area (TPSA) is 90.0 Å². The number of rotatable bonds is 8. The van der Waals surface area contributed by atoms with E-state index in [2.05, 4.69) is 17.4 Å². The van der Waals surface area contributed by atoms with Gasteiger partial charge in [0.05, 0.1) is 0 Å². The molecule has 39 heavy (non-hydrogen) atoms. The van der Waals surface area contributed by atoms with E-state index in [1.54, 1.807) is 51.3 Å². The van der Waals surface area contributed by atoms with E-state index in [-0.39, 0.29) is 42.0 Å². The van der Waals surface area contributed by atoms with Gasteiger partial charge in [-0.1, -0.05) is 57.0 Å². The number of fused-ring (bicyclic) bond motifs is 1. The standard InChI is InChI=1S/C31H40N4O4/c1-7-19(8-2)27-28(36)32-26(24-15-20-11-9-10-12-21(20)16-24)31(39)35(27)18-23-14-13-22(29(37)33(3)4)17-25(23)30(38)34(5)6/h9-14,17,19,24,26-27H,7-8,15-16,18H2,1-6H3,(H,32,36)/t26-,27-/m1/s1. The Morgan fingerprint density at radius 2 is 1.51 bits per heavy atom. The van der Waals surface area contributed by atoms with Crippen LogP contribution < -0.4 is 5.32 Å². The van der Waals surface area contributed by atoms with E-state index in [1.807, 2.05) is 26.0 Å². The Kier molecular flexibility index (Phi) is 8.42. The molecule has 8 heteroatoms. The van der Waals surface area contributed by atoms with Crippen LogP contribution in [0.4, 0.5) is 0 Å². The molecule has 1 aliphatic carbocycles. The second-order valence-corrected chi connectivity index (χ2v) is 11.2. The molecule has 0 spiro atoms. The SMILES string of the molecule is CCC(CC)[C@@H]1C(=O)N[C@H](C2Cc3ccccc3C2)C(=O)N1Cc1ccc(C(=O)N(C)C)cc1C(=O)N(C)C. The molecule has 2 aliphatic rings. The van der Waals surface area contributed by atoms with Gasteiger partial charge in [0, 0.05) is 45.9 Å². The molecular weight excluding hydrogens is 492 g/mol. The zero-order valence-corrected chi connectivity index (χ0v) is 23.9. The lowest BCUT2D eigenvalue weighted by Gasteiger charge is -2.44. The molecule has 1 heterocycles. The van der Waals surface area contributed by atoms with Crippen molar-refractivity contribution in [2.75, 3.05) is 28.2 Å². The molecule has 2 aromatic rings. The van der Waals surface area contributed by atoms with Crippen LogP contribution in [0.1, 0.15) is 64.1 Å². The Morgan fingerprint density at radius 3 is 2.05 bits per heavy atom. The van der Waals surface area contributed by atoms with Gasteiger partial charge in [0.25, 0.3) is 11.8 Å². The van der Waals surface area contributed by atoms with Gasteiger partial charge in [0.1, 0.15) is 12.1 Å². The van der Waals surface area contributed by atoms with E-state index in [4.69, 9.17) is 0 Å². The highest BCUT2D eigenvalue weighted by atomic mass is 16.2. The number of nitrogens with one attached hydrogen (secondary N) is 1. The summed E-state index contributed by atoms with van der Waals surface area (Å²) in [6.07, 6.45) is 2.97. The van der Waals surface area contributed by atoms with Gasteiger partial charge in [-0.25, -0.2) is 0 Å². The predicted octanol–water partition coefficient (Wildman–Crippen LogP) is 3.14. The molecule has 0 radical (unpaired) electrons. The number of piperazine rings is 1. The van der Waals surface area contributed by atoms with Gasteiger partial charge in [-0.3, -0.25) is 19.2 Å². The second-order valence-electron chi connectivity index (χ2n) is 11.2. The third kappa shape index (κ3) is 5.56. The summed E-state index contributed by atoms with van der Waals surface area (Å²) in [4.78, 5) is 58.4. The Labute approximate surface area is 231 Å². The minimum atomic E-state index is -0.627. The number of hydrogen-bond donors (Lipinski definition) is 1. The maximum absolute atomic E-state index is 14.2. The van der Waals surface area contributed by atoms with Gasteiger partial charge >= 0.3 is 0 Å². The molecule has 0 bridgehead atoms. The van der Waals surface area contributed by atoms with E-state index in [0.29, 0.717) is 16.7 Å². The molecule has 4 rings (SSSR count). The Bertz CT molecular complexity index is 1240. The van der Waals surface area contributed by atoms with Crippen molar-refractivity contribution in [1.82, 2.24) is 20.0 Å². The quantitative estimate of drug-likeness (QED) is 0.566. The number of carbonyl (C=O) groups is 4. The van der Waals surface area contributed by atoms with Gasteiger partial charge in [-0.2, -0.15) is 0 Å². The van der Waals surface area contributed by atoms with Crippen LogP contribution in [0.3, 0.4) is 0 Å². The van der Waals surface area contributed by atoms with Gasteiger partial charge in [-0.15, -0.1) is 0 Å². The third-order valence-electron chi connectivity index (χ3n) is 8.24. The zero-order chi connectivity index (χ0) is 28.4. The molecule has 2 atom stereocenters. The first kappa shape index (κ1) is 28.3. The largest absolute Gasteiger partial charge is 0.345 e. The minimum absolute atomic E-state index is 0.0155. The third-order valence-corrected chi connectivity index (χ3v) is 8.24. The monoisotopic (exact) mass is 532 g/mol. The summed E-state index contributed by atoms with van der Waals surface area (Å²) in [6, 6.07) is 12.0. The Hall–Kier alpha value is -3.68. The normalized spacial score (nSPS) is 19.2. The smallest absolute Gasteiger partial charge is 0.253 e. The van der Waals surface area contributed by atoms with Crippen LogP contribution in [-0.4, -0.2) is 78.6 Å². The first-order valence-corrected chi connectivity index (χ1v) is 13.8. The molecule has 0 unspecified atom stereocenters. The summed E-state index contributed by atoms with van der Waals surface area (Å²) in [6.45, 7) is 4.19. The summed E-state index contributed by atoms with van der Waals surface area (Å²) in [5.41, 5.74) is 3.82. The van der Waals surface area contributed by atoms with E-state index in [0.717, 1.165) is 25.7 Å². The molecule has 8 nitrogen and oxygen atoms in total. The lowest BCUT2D eigenvalue weighted by molar-refractivity contribution is -0.154. The number of amides is 4. The maximum atomic E-state index is 14.2. The molecule has 1 aliphatic heterocycles. The molecule has 1 N–H and O–H groups in total. The maximum Gasteiger partial charge on any atom is 0.253 e. The number of hydrogen-bond acceptors (Lipinski definition) is 4. The van der Waals surface area contributed by atoms with Crippen LogP contribution in [0, 0.1) is 11.8 Å². The Balaban J connectivity index is 1.73. The molecule has 2 aromatic carbocycles. The highest BCUT2D eigenvalue weighted by Crippen LogP contribution is 2.33. The first-order chi connectivity index (χ1) is 18.6. The van der Waals surface area contributed by atoms with Crippen molar-refractivity contribution in [1.29, 1.82) is 0 Å². The van der Waals surface area contributed by atoms with E-state index in [1.165, 1.54) is 20.9 Å². The van der Waals surface area contributed by atoms with Gasteiger partial charge < -0.3 is 20.0 Å². The fraction of sp³-hybridized carbons (Fsp3) is 0.484. The predicted molar refractivity (Wildman–Crippen MR) is 150 cm³/mol. The van der Waals surface area contributed by atoms with Crippen molar-refractivity contribution in [3.63, 3.8) is 0 Å². The zero-order valence-electron chi connectivity index (χ0n) is 23.9. The summed E-state index contributed by atoms with van der Waals surface area (Å²) in [5.74, 6) is -0.747. The molecule has 208 valence electrons. The molecule has 0 aromatic heterocycles. The lowest BCUT2D eigenvalue weighted by Crippen LogP contribution is -2.66. The molecule has 1 fully saturated rings. The molecule has 4 amide bonds. The number of carbonyl (C=O) groups excluding carboxylic acids is 4. The number of benzene rings is 2. The summed E-state index contributed by atoms with van der Waals surface area (Å²) in [5, 5.41) is 3.09. The van der Waals surface area contributed by atoms with Crippen molar-refractivity contribution in [3.8, 4) is 0 Å². The fourth-order valence-corrected chi connectivity index (χ4v) is 6.01. The molecule has 1 saturated heterocycles. The summed E-state index contributed by atoms with van der Waals surface area (Å²) >= 11 is 0. The van der Waals surface area contributed by atoms with Crippen molar-refractivity contribution < 1.29 is 19.2 Å². The minimum Gasteiger partial charge on any atom is -0.345 e. The van der Waals surface area contributed by atoms with Crippen LogP contribution in [0.25, 0.3) is 0 Å². The highest BCUT2D eigenvalue weighted by Gasteiger charge is 2.47. The van der Waals surface area contributed by atoms with Crippen molar-refractivity contribution in [3.05, 3.63) is 70.3 Å². The van der Waals surface area contributed by atoms with Crippen LogP contribution >= 0.6 is 0 Å². The van der Waals surface area contributed by atoms with Crippen molar-refractivity contribution in [2.24, 2.45) is 11.8 Å².